The number of rotatable bonds is 9. The van der Waals surface area contributed by atoms with Crippen molar-refractivity contribution in [3.8, 4) is 6.07 Å². The Morgan fingerprint density at radius 1 is 0.780 bits per heavy atom. The second kappa shape index (κ2) is 12.7. The molecule has 10 nitrogen and oxygen atoms in total. The molecule has 1 saturated heterocycles. The van der Waals surface area contributed by atoms with E-state index in [2.05, 4.69) is 11.1 Å². The largest absolute Gasteiger partial charge is 0.459 e. The Labute approximate surface area is 235 Å². The first-order chi connectivity index (χ1) is 20.0. The molecule has 1 aromatic heterocycles. The highest BCUT2D eigenvalue weighted by Crippen LogP contribution is 2.36. The van der Waals surface area contributed by atoms with Crippen molar-refractivity contribution in [2.24, 2.45) is 0 Å². The molecule has 0 unspecified atom stereocenters. The van der Waals surface area contributed by atoms with Crippen molar-refractivity contribution < 1.29 is 33.3 Å². The van der Waals surface area contributed by atoms with Crippen molar-refractivity contribution >= 4 is 17.9 Å². The molecule has 1 aliphatic heterocycles. The molecule has 10 heteroatoms. The van der Waals surface area contributed by atoms with Crippen LogP contribution in [0.2, 0.25) is 0 Å². The topological polar surface area (TPSA) is 130 Å². The molecule has 41 heavy (non-hydrogen) atoms. The molecule has 0 bridgehead atoms. The fourth-order valence-electron chi connectivity index (χ4n) is 4.46. The summed E-state index contributed by atoms with van der Waals surface area (Å²) >= 11 is 0. The van der Waals surface area contributed by atoms with Crippen LogP contribution in [0.5, 0.6) is 0 Å². The van der Waals surface area contributed by atoms with E-state index < -0.39 is 42.4 Å². The van der Waals surface area contributed by atoms with E-state index >= 15 is 0 Å². The number of benzene rings is 3. The molecular weight excluding hydrogens is 526 g/mol. The maximum absolute atomic E-state index is 13.2. The Balaban J connectivity index is 1.48. The summed E-state index contributed by atoms with van der Waals surface area (Å²) in [7, 11) is 0. The van der Waals surface area contributed by atoms with Crippen LogP contribution in [0.1, 0.15) is 43.0 Å². The van der Waals surface area contributed by atoms with Crippen LogP contribution < -0.4 is 0 Å². The van der Waals surface area contributed by atoms with E-state index in [4.69, 9.17) is 18.9 Å². The standard InChI is InChI=1S/C31H25N3O7/c32-17-16-24-18-33-20-34(24)28-27(41-31(37)23-14-8-3-9-15-23)26(40-30(36)22-12-6-2-7-13-22)25(39-28)19-38-29(35)21-10-4-1-5-11-21/h1-15,18,20,25-28H,16,19H2/t25-,26-,27-,28-/m1/s1. The molecule has 0 radical (unpaired) electrons. The summed E-state index contributed by atoms with van der Waals surface area (Å²) in [6, 6.07) is 27.1. The molecule has 1 aliphatic rings. The molecular formula is C31H25N3O7. The smallest absolute Gasteiger partial charge is 0.338 e. The van der Waals surface area contributed by atoms with Crippen LogP contribution in [0.4, 0.5) is 0 Å². The Bertz CT molecular complexity index is 1530. The summed E-state index contributed by atoms with van der Waals surface area (Å²) in [5.41, 5.74) is 1.38. The maximum atomic E-state index is 13.2. The van der Waals surface area contributed by atoms with Crippen molar-refractivity contribution in [1.29, 1.82) is 5.26 Å². The predicted molar refractivity (Wildman–Crippen MR) is 143 cm³/mol. The fraction of sp³-hybridized carbons (Fsp3) is 0.194. The zero-order chi connectivity index (χ0) is 28.6. The van der Waals surface area contributed by atoms with Crippen LogP contribution in [0.15, 0.2) is 104 Å². The molecule has 3 aromatic carbocycles. The highest BCUT2D eigenvalue weighted by molar-refractivity contribution is 5.91. The first-order valence-corrected chi connectivity index (χ1v) is 12.8. The van der Waals surface area contributed by atoms with Crippen molar-refractivity contribution in [2.45, 2.75) is 31.0 Å². The molecule has 5 rings (SSSR count). The van der Waals surface area contributed by atoms with E-state index in [0.29, 0.717) is 11.3 Å². The molecule has 0 aliphatic carbocycles. The van der Waals surface area contributed by atoms with E-state index in [1.807, 2.05) is 0 Å². The van der Waals surface area contributed by atoms with E-state index in [9.17, 15) is 19.6 Å². The van der Waals surface area contributed by atoms with Gasteiger partial charge < -0.3 is 23.5 Å². The number of ether oxygens (including phenoxy) is 4. The van der Waals surface area contributed by atoms with E-state index in [0.717, 1.165) is 0 Å². The molecule has 4 aromatic rings. The third kappa shape index (κ3) is 6.32. The molecule has 4 atom stereocenters. The van der Waals surface area contributed by atoms with Gasteiger partial charge in [0.15, 0.2) is 18.4 Å². The molecule has 1 fully saturated rings. The molecule has 0 spiro atoms. The Kier molecular flexibility index (Phi) is 8.47. The Morgan fingerprint density at radius 3 is 1.83 bits per heavy atom. The minimum atomic E-state index is -1.18. The van der Waals surface area contributed by atoms with Gasteiger partial charge in [-0.3, -0.25) is 0 Å². The van der Waals surface area contributed by atoms with Crippen molar-refractivity contribution in [1.82, 2.24) is 9.55 Å². The first-order valence-electron chi connectivity index (χ1n) is 12.8. The number of imidazole rings is 1. The van der Waals surface area contributed by atoms with E-state index in [1.165, 1.54) is 12.5 Å². The van der Waals surface area contributed by atoms with Gasteiger partial charge in [-0.25, -0.2) is 19.4 Å². The van der Waals surface area contributed by atoms with Gasteiger partial charge in [-0.2, -0.15) is 5.26 Å². The lowest BCUT2D eigenvalue weighted by atomic mass is 10.1. The van der Waals surface area contributed by atoms with Crippen LogP contribution >= 0.6 is 0 Å². The van der Waals surface area contributed by atoms with Gasteiger partial charge in [-0.05, 0) is 36.4 Å². The van der Waals surface area contributed by atoms with Gasteiger partial charge in [-0.1, -0.05) is 54.6 Å². The third-order valence-corrected chi connectivity index (χ3v) is 6.46. The summed E-state index contributed by atoms with van der Waals surface area (Å²) < 4.78 is 25.2. The van der Waals surface area contributed by atoms with Crippen LogP contribution in [-0.4, -0.2) is 52.4 Å². The maximum Gasteiger partial charge on any atom is 0.338 e. The average Bonchev–Trinajstić information content (AvgIpc) is 3.61. The van der Waals surface area contributed by atoms with Crippen LogP contribution in [0.25, 0.3) is 0 Å². The minimum Gasteiger partial charge on any atom is -0.459 e. The first kappa shape index (κ1) is 27.3. The molecule has 206 valence electrons. The number of carbonyl (C=O) groups is 3. The molecule has 0 saturated carbocycles. The highest BCUT2D eigenvalue weighted by atomic mass is 16.7. The lowest BCUT2D eigenvalue weighted by Crippen LogP contribution is -2.41. The van der Waals surface area contributed by atoms with Gasteiger partial charge in [-0.15, -0.1) is 0 Å². The van der Waals surface area contributed by atoms with E-state index in [-0.39, 0.29) is 24.2 Å². The second-order valence-electron chi connectivity index (χ2n) is 9.13. The highest BCUT2D eigenvalue weighted by Gasteiger charge is 2.51. The van der Waals surface area contributed by atoms with Gasteiger partial charge in [0.25, 0.3) is 0 Å². The van der Waals surface area contributed by atoms with E-state index in [1.54, 1.807) is 95.6 Å². The SMILES string of the molecule is N#CCc1cncn1[C@@H]1O[C@H](COC(=O)c2ccccc2)[C@@H](OC(=O)c2ccccc2)[C@H]1OC(=O)c1ccccc1. The van der Waals surface area contributed by atoms with Crippen molar-refractivity contribution in [2.75, 3.05) is 6.61 Å². The van der Waals surface area contributed by atoms with Gasteiger partial charge in [0, 0.05) is 6.20 Å². The number of nitriles is 1. The summed E-state index contributed by atoms with van der Waals surface area (Å²) in [5, 5.41) is 9.32. The Hall–Kier alpha value is -5.27. The number of hydrogen-bond donors (Lipinski definition) is 0. The lowest BCUT2D eigenvalue weighted by molar-refractivity contribution is -0.0629. The number of hydrogen-bond acceptors (Lipinski definition) is 9. The molecule has 2 heterocycles. The van der Waals surface area contributed by atoms with Crippen molar-refractivity contribution in [3.63, 3.8) is 0 Å². The predicted octanol–water partition coefficient (Wildman–Crippen LogP) is 4.15. The lowest BCUT2D eigenvalue weighted by Gasteiger charge is -2.25. The quantitative estimate of drug-likeness (QED) is 0.222. The summed E-state index contributed by atoms with van der Waals surface area (Å²) in [6.45, 7) is -0.307. The summed E-state index contributed by atoms with van der Waals surface area (Å²) in [4.78, 5) is 43.2. The number of nitrogens with zero attached hydrogens (tertiary/aromatic N) is 3. The number of carbonyl (C=O) groups excluding carboxylic acids is 3. The van der Waals surface area contributed by atoms with Crippen LogP contribution in [0.3, 0.4) is 0 Å². The average molecular weight is 552 g/mol. The normalized spacial score (nSPS) is 19.6. The molecule has 0 amide bonds. The zero-order valence-corrected chi connectivity index (χ0v) is 21.7. The van der Waals surface area contributed by atoms with Gasteiger partial charge in [0.2, 0.25) is 0 Å². The zero-order valence-electron chi connectivity index (χ0n) is 21.7. The summed E-state index contributed by atoms with van der Waals surface area (Å²) in [6.07, 6.45) is -1.48. The van der Waals surface area contributed by atoms with Crippen LogP contribution in [-0.2, 0) is 25.4 Å². The molecule has 0 N–H and O–H groups in total. The summed E-state index contributed by atoms with van der Waals surface area (Å²) in [5.74, 6) is -1.95. The van der Waals surface area contributed by atoms with Gasteiger partial charge in [0.05, 0.1) is 41.2 Å². The minimum absolute atomic E-state index is 0.00133. The van der Waals surface area contributed by atoms with Crippen molar-refractivity contribution in [3.05, 3.63) is 126 Å². The number of esters is 3. The Morgan fingerprint density at radius 2 is 1.29 bits per heavy atom. The van der Waals surface area contributed by atoms with Gasteiger partial charge in [0.1, 0.15) is 12.7 Å². The fourth-order valence-corrected chi connectivity index (χ4v) is 4.46. The monoisotopic (exact) mass is 551 g/mol. The van der Waals surface area contributed by atoms with Crippen LogP contribution in [0, 0.1) is 11.3 Å². The third-order valence-electron chi connectivity index (χ3n) is 6.46. The van der Waals surface area contributed by atoms with Gasteiger partial charge >= 0.3 is 17.9 Å². The number of aromatic nitrogens is 2. The second-order valence-corrected chi connectivity index (χ2v) is 9.13.